The molecule has 0 heterocycles. The summed E-state index contributed by atoms with van der Waals surface area (Å²) in [5.41, 5.74) is -1.41. The molecule has 256 valence electrons. The molecule has 0 radical (unpaired) electrons. The minimum absolute atomic E-state index is 0.134. The van der Waals surface area contributed by atoms with Crippen LogP contribution in [-0.2, 0) is 0 Å². The quantitative estimate of drug-likeness (QED) is 0.0559. The summed E-state index contributed by atoms with van der Waals surface area (Å²) in [6.07, 6.45) is 0.203. The third kappa shape index (κ3) is 4.18. The average molecular weight is 730 g/mol. The Morgan fingerprint density at radius 2 is 0.510 bits per heavy atom. The van der Waals surface area contributed by atoms with Gasteiger partial charge in [-0.15, -0.1) is 0 Å². The van der Waals surface area contributed by atoms with Gasteiger partial charge < -0.3 is 0 Å². The topological polar surface area (TPSA) is 0 Å². The fourth-order valence-electron chi connectivity index (χ4n) is 6.86. The summed E-state index contributed by atoms with van der Waals surface area (Å²) in [7, 11) is -3.63. The average Bonchev–Trinajstić information content (AvgIpc) is 3.08. The van der Waals surface area contributed by atoms with Gasteiger partial charge in [0.25, 0.3) is 0 Å². The van der Waals surface area contributed by atoms with Crippen molar-refractivity contribution in [2.24, 2.45) is 0 Å². The molecule has 0 nitrogen and oxygen atoms in total. The lowest BCUT2D eigenvalue weighted by atomic mass is 9.91. The van der Waals surface area contributed by atoms with Crippen molar-refractivity contribution in [1.82, 2.24) is 0 Å². The van der Waals surface area contributed by atoms with Gasteiger partial charge in [-0.1, -0.05) is 19.3 Å². The Hall–Kier alpha value is -4.07. The van der Waals surface area contributed by atoms with E-state index in [1.165, 1.54) is 0 Å². The zero-order valence-electron chi connectivity index (χ0n) is 23.6. The Bertz CT molecular complexity index is 2420. The molecular formula is C32H11F16P. The maximum atomic E-state index is 16.4. The molecule has 49 heavy (non-hydrogen) atoms. The smallest absolute Gasteiger partial charge is 0.198 e. The van der Waals surface area contributed by atoms with Crippen LogP contribution >= 0.6 is 7.92 Å². The molecule has 0 aromatic heterocycles. The van der Waals surface area contributed by atoms with Crippen LogP contribution in [0.5, 0.6) is 0 Å². The highest BCUT2D eigenvalue weighted by atomic mass is 31.1. The highest BCUT2D eigenvalue weighted by Gasteiger charge is 2.42. The summed E-state index contributed by atoms with van der Waals surface area (Å²) in [6.45, 7) is 0. The number of rotatable bonds is 3. The maximum absolute atomic E-state index is 16.4. The SMILES string of the molecule is Fc1c(F)c(F)c2c(P(c3c(F)c(F)c4c(F)c(F)c5c(F)c(F)c(F)c6c(F)c(F)c3c4c56)C3CCCCC3)c(F)c(F)c(F)c2c1F. The molecule has 1 aliphatic carbocycles. The standard InChI is InChI=1S/C32H11F16P/c33-15-9-7-8-11(16(15)34)22(40)29(47)31(13(8)23(41)17(35)10(7)19(37)25(43)18(9)36)49(6-4-2-1-3-5-6)32-14-12(21(39)28(46)30(32)48)20(38)26(44)27(45)24(14)42/h6H,1-5H2. The van der Waals surface area contributed by atoms with E-state index in [0.717, 1.165) is 0 Å². The molecule has 1 aliphatic rings. The van der Waals surface area contributed by atoms with Gasteiger partial charge in [0.1, 0.15) is 0 Å². The fourth-order valence-corrected chi connectivity index (χ4v) is 10.2. The molecule has 1 unspecified atom stereocenters. The van der Waals surface area contributed by atoms with Gasteiger partial charge in [0.2, 0.25) is 0 Å². The van der Waals surface area contributed by atoms with Crippen LogP contribution in [0.3, 0.4) is 0 Å². The van der Waals surface area contributed by atoms with Crippen molar-refractivity contribution in [1.29, 1.82) is 0 Å². The van der Waals surface area contributed by atoms with Crippen LogP contribution in [0.15, 0.2) is 0 Å². The lowest BCUT2D eigenvalue weighted by Crippen LogP contribution is -2.31. The normalized spacial score (nSPS) is 15.2. The third-order valence-corrected chi connectivity index (χ3v) is 12.0. The number of hydrogen-bond acceptors (Lipinski definition) is 0. The molecule has 17 heteroatoms. The van der Waals surface area contributed by atoms with E-state index in [4.69, 9.17) is 0 Å². The number of benzene rings is 6. The monoisotopic (exact) mass is 730 g/mol. The van der Waals surface area contributed by atoms with E-state index in [2.05, 4.69) is 0 Å². The second kappa shape index (κ2) is 11.2. The van der Waals surface area contributed by atoms with E-state index in [9.17, 15) is 30.7 Å². The predicted octanol–water partition coefficient (Wildman–Crippen LogP) is 10.7. The Balaban J connectivity index is 1.80. The summed E-state index contributed by atoms with van der Waals surface area (Å²) >= 11 is 0. The van der Waals surface area contributed by atoms with Gasteiger partial charge >= 0.3 is 0 Å². The molecule has 0 bridgehead atoms. The molecule has 1 saturated carbocycles. The Morgan fingerprint density at radius 3 is 0.959 bits per heavy atom. The van der Waals surface area contributed by atoms with Crippen molar-refractivity contribution < 1.29 is 70.2 Å². The van der Waals surface area contributed by atoms with Gasteiger partial charge in [0.15, 0.2) is 93.1 Å². The zero-order valence-corrected chi connectivity index (χ0v) is 24.5. The minimum atomic E-state index is -3.63. The van der Waals surface area contributed by atoms with E-state index in [0.29, 0.717) is 6.42 Å². The van der Waals surface area contributed by atoms with Gasteiger partial charge in [-0.3, -0.25) is 0 Å². The lowest BCUT2D eigenvalue weighted by molar-refractivity contribution is 0.411. The van der Waals surface area contributed by atoms with E-state index in [1.807, 2.05) is 0 Å². The summed E-state index contributed by atoms with van der Waals surface area (Å²) in [6, 6.07) is 0. The molecular weight excluding hydrogens is 719 g/mol. The van der Waals surface area contributed by atoms with Crippen LogP contribution < -0.4 is 10.6 Å². The van der Waals surface area contributed by atoms with Crippen molar-refractivity contribution in [3.8, 4) is 0 Å². The number of fused-ring (bicyclic) bond motifs is 1. The van der Waals surface area contributed by atoms with E-state index < -0.39 is 160 Å². The van der Waals surface area contributed by atoms with Crippen molar-refractivity contribution in [2.75, 3.05) is 0 Å². The number of halogens is 16. The molecule has 1 atom stereocenters. The van der Waals surface area contributed by atoms with Gasteiger partial charge in [-0.2, -0.15) is 0 Å². The second-order valence-electron chi connectivity index (χ2n) is 11.4. The molecule has 0 aliphatic heterocycles. The largest absolute Gasteiger partial charge is 0.203 e. The molecule has 6 aromatic rings. The zero-order chi connectivity index (χ0) is 35.7. The second-order valence-corrected chi connectivity index (χ2v) is 13.7. The first-order chi connectivity index (χ1) is 23.1. The van der Waals surface area contributed by atoms with Crippen molar-refractivity contribution in [3.05, 3.63) is 93.1 Å². The van der Waals surface area contributed by atoms with Crippen LogP contribution in [0.1, 0.15) is 32.1 Å². The van der Waals surface area contributed by atoms with Gasteiger partial charge in [-0.05, 0) is 26.4 Å². The van der Waals surface area contributed by atoms with Crippen LogP contribution in [0.4, 0.5) is 70.2 Å². The molecule has 0 amide bonds. The predicted molar refractivity (Wildman–Crippen MR) is 146 cm³/mol. The van der Waals surface area contributed by atoms with Crippen molar-refractivity contribution >= 4 is 61.6 Å². The Labute approximate surface area is 263 Å². The fraction of sp³-hybridized carbons (Fsp3) is 0.188. The van der Waals surface area contributed by atoms with Crippen LogP contribution in [0, 0.1) is 93.1 Å². The third-order valence-electron chi connectivity index (χ3n) is 8.93. The molecule has 6 aromatic carbocycles. The van der Waals surface area contributed by atoms with Crippen molar-refractivity contribution in [3.63, 3.8) is 0 Å². The Morgan fingerprint density at radius 1 is 0.265 bits per heavy atom. The van der Waals surface area contributed by atoms with Crippen LogP contribution in [-0.4, -0.2) is 5.66 Å². The summed E-state index contributed by atoms with van der Waals surface area (Å²) in [5, 5.41) is -17.6. The maximum Gasteiger partial charge on any atom is 0.198 e. The first kappa shape index (κ1) is 33.4. The lowest BCUT2D eigenvalue weighted by Gasteiger charge is -2.34. The van der Waals surface area contributed by atoms with Crippen LogP contribution in [0.25, 0.3) is 43.1 Å². The first-order valence-electron chi connectivity index (χ1n) is 14.0. The van der Waals surface area contributed by atoms with E-state index in [-0.39, 0.29) is 25.7 Å². The molecule has 0 N–H and O–H groups in total. The first-order valence-corrected chi connectivity index (χ1v) is 15.5. The Kier molecular flexibility index (Phi) is 7.66. The van der Waals surface area contributed by atoms with Crippen molar-refractivity contribution in [2.45, 2.75) is 37.8 Å². The minimum Gasteiger partial charge on any atom is -0.203 e. The molecule has 7 rings (SSSR count). The molecule has 1 fully saturated rings. The van der Waals surface area contributed by atoms with Gasteiger partial charge in [0.05, 0.1) is 21.5 Å². The highest BCUT2D eigenvalue weighted by molar-refractivity contribution is 7.74. The number of hydrogen-bond donors (Lipinski definition) is 0. The summed E-state index contributed by atoms with van der Waals surface area (Å²) < 4.78 is 245. The molecule has 0 spiro atoms. The summed E-state index contributed by atoms with van der Waals surface area (Å²) in [4.78, 5) is 0. The molecule has 0 saturated heterocycles. The van der Waals surface area contributed by atoms with Gasteiger partial charge in [-0.25, -0.2) is 70.2 Å². The summed E-state index contributed by atoms with van der Waals surface area (Å²) in [5.74, 6) is -40.8. The van der Waals surface area contributed by atoms with Gasteiger partial charge in [0, 0.05) is 32.2 Å². The van der Waals surface area contributed by atoms with E-state index >= 15 is 39.5 Å². The highest BCUT2D eigenvalue weighted by Crippen LogP contribution is 2.54. The van der Waals surface area contributed by atoms with Crippen LogP contribution in [0.2, 0.25) is 0 Å². The van der Waals surface area contributed by atoms with E-state index in [1.54, 1.807) is 0 Å².